The van der Waals surface area contributed by atoms with Gasteiger partial charge in [-0.1, -0.05) is 26.0 Å². The Morgan fingerprint density at radius 3 is 2.06 bits per heavy atom. The lowest BCUT2D eigenvalue weighted by Gasteiger charge is -2.34. The predicted octanol–water partition coefficient (Wildman–Crippen LogP) is 6.29. The molecule has 0 aromatic heterocycles. The maximum atomic E-state index is 13.1. The number of nitrogens with zero attached hydrogens (tertiary/aromatic N) is 1. The number of hydrogen-bond acceptors (Lipinski definition) is 4. The molecule has 2 atom stereocenters. The second kappa shape index (κ2) is 11.1. The number of benzene rings is 2. The van der Waals surface area contributed by atoms with E-state index in [1.807, 2.05) is 44.9 Å². The molecule has 2 aromatic carbocycles. The van der Waals surface area contributed by atoms with Crippen molar-refractivity contribution >= 4 is 6.29 Å². The molecule has 0 amide bonds. The van der Waals surface area contributed by atoms with Crippen LogP contribution in [0.15, 0.2) is 42.5 Å². The van der Waals surface area contributed by atoms with Crippen molar-refractivity contribution in [1.82, 2.24) is 4.90 Å². The first-order valence-electron chi connectivity index (χ1n) is 11.1. The van der Waals surface area contributed by atoms with Crippen molar-refractivity contribution in [2.24, 2.45) is 5.92 Å². The summed E-state index contributed by atoms with van der Waals surface area (Å²) in [4.78, 5) is 14.4. The second-order valence-corrected chi connectivity index (χ2v) is 8.80. The van der Waals surface area contributed by atoms with Crippen LogP contribution in [0.3, 0.4) is 0 Å². The summed E-state index contributed by atoms with van der Waals surface area (Å²) in [5.74, 6) is 1.26. The van der Waals surface area contributed by atoms with E-state index >= 15 is 0 Å². The summed E-state index contributed by atoms with van der Waals surface area (Å²) >= 11 is 0. The lowest BCUT2D eigenvalue weighted by Crippen LogP contribution is -2.35. The van der Waals surface area contributed by atoms with Crippen molar-refractivity contribution in [1.29, 1.82) is 0 Å². The van der Waals surface area contributed by atoms with Crippen LogP contribution in [0.2, 0.25) is 0 Å². The van der Waals surface area contributed by atoms with Gasteiger partial charge in [-0.2, -0.15) is 13.2 Å². The minimum atomic E-state index is -4.37. The number of carbonyl (C=O) groups is 1. The van der Waals surface area contributed by atoms with Gasteiger partial charge in [0.05, 0.1) is 25.2 Å². The Morgan fingerprint density at radius 1 is 0.970 bits per heavy atom. The fraction of sp³-hybridized carbons (Fsp3) is 0.500. The van der Waals surface area contributed by atoms with E-state index < -0.39 is 17.2 Å². The Balaban J connectivity index is 2.19. The molecular formula is C26H34F3NO3. The van der Waals surface area contributed by atoms with Gasteiger partial charge in [0.1, 0.15) is 17.8 Å². The highest BCUT2D eigenvalue weighted by Gasteiger charge is 2.36. The molecule has 4 nitrogen and oxygen atoms in total. The predicted molar refractivity (Wildman–Crippen MR) is 124 cm³/mol. The van der Waals surface area contributed by atoms with Gasteiger partial charge < -0.3 is 14.3 Å². The molecule has 2 aromatic rings. The summed E-state index contributed by atoms with van der Waals surface area (Å²) in [7, 11) is 5.03. The van der Waals surface area contributed by atoms with Crippen LogP contribution in [-0.2, 0) is 16.4 Å². The summed E-state index contributed by atoms with van der Waals surface area (Å²) in [6.45, 7) is 6.53. The van der Waals surface area contributed by atoms with Crippen LogP contribution in [-0.4, -0.2) is 39.0 Å². The number of carbonyl (C=O) groups excluding carboxylic acids is 1. The molecule has 0 heterocycles. The molecule has 0 fully saturated rings. The van der Waals surface area contributed by atoms with E-state index in [1.54, 1.807) is 26.4 Å². The van der Waals surface area contributed by atoms with Gasteiger partial charge >= 0.3 is 6.18 Å². The molecule has 7 heteroatoms. The van der Waals surface area contributed by atoms with E-state index in [0.717, 1.165) is 17.9 Å². The van der Waals surface area contributed by atoms with Crippen molar-refractivity contribution in [3.63, 3.8) is 0 Å². The lowest BCUT2D eigenvalue weighted by molar-refractivity contribution is -0.137. The molecule has 2 unspecified atom stereocenters. The number of halogens is 3. The highest BCUT2D eigenvalue weighted by Crippen LogP contribution is 2.39. The standard InChI is InChI=1S/C26H34F3NO3/c1-18(2)25(17-31,22-14-23(32-5)16-24(15-22)33-6)11-8-12-30(4)19(3)20-9-7-10-21(13-20)26(27,28)29/h7,9-10,13-19H,8,11-12H2,1-6H3. The zero-order chi connectivity index (χ0) is 24.8. The molecule has 182 valence electrons. The Kier molecular flexibility index (Phi) is 8.95. The van der Waals surface area contributed by atoms with Crippen LogP contribution < -0.4 is 9.47 Å². The second-order valence-electron chi connectivity index (χ2n) is 8.80. The van der Waals surface area contributed by atoms with E-state index in [4.69, 9.17) is 9.47 Å². The summed E-state index contributed by atoms with van der Waals surface area (Å²) in [6.07, 6.45) is -2.09. The fourth-order valence-corrected chi connectivity index (χ4v) is 4.15. The Hall–Kier alpha value is -2.54. The van der Waals surface area contributed by atoms with Gasteiger partial charge in [0.2, 0.25) is 0 Å². The van der Waals surface area contributed by atoms with Crippen molar-refractivity contribution in [2.75, 3.05) is 27.8 Å². The van der Waals surface area contributed by atoms with E-state index in [9.17, 15) is 18.0 Å². The summed E-state index contributed by atoms with van der Waals surface area (Å²) in [6, 6.07) is 10.7. The van der Waals surface area contributed by atoms with Crippen molar-refractivity contribution < 1.29 is 27.4 Å². The quantitative estimate of drug-likeness (QED) is 0.366. The normalized spacial score (nSPS) is 14.8. The third-order valence-electron chi connectivity index (χ3n) is 6.59. The van der Waals surface area contributed by atoms with Crippen LogP contribution in [0.4, 0.5) is 13.2 Å². The van der Waals surface area contributed by atoms with Crippen molar-refractivity contribution in [3.05, 3.63) is 59.2 Å². The molecule has 0 saturated carbocycles. The highest BCUT2D eigenvalue weighted by molar-refractivity contribution is 5.70. The third-order valence-corrected chi connectivity index (χ3v) is 6.59. The SMILES string of the molecule is COc1cc(OC)cc(C(C=O)(CCCN(C)C(C)c2cccc(C(F)(F)F)c2)C(C)C)c1. The molecule has 0 aliphatic carbocycles. The summed E-state index contributed by atoms with van der Waals surface area (Å²) in [5.41, 5.74) is 0.0573. The molecule has 2 rings (SSSR count). The Bertz CT molecular complexity index is 907. The van der Waals surface area contributed by atoms with Gasteiger partial charge in [-0.15, -0.1) is 0 Å². The first kappa shape index (κ1) is 26.7. The van der Waals surface area contributed by atoms with Crippen LogP contribution in [0.1, 0.15) is 56.3 Å². The molecule has 0 spiro atoms. The monoisotopic (exact) mass is 465 g/mol. The number of rotatable bonds is 11. The summed E-state index contributed by atoms with van der Waals surface area (Å²) in [5, 5.41) is 0. The van der Waals surface area contributed by atoms with E-state index in [-0.39, 0.29) is 12.0 Å². The van der Waals surface area contributed by atoms with Gasteiger partial charge in [0.25, 0.3) is 0 Å². The molecular weight excluding hydrogens is 431 g/mol. The number of aldehydes is 1. The first-order chi connectivity index (χ1) is 15.5. The fourth-order valence-electron chi connectivity index (χ4n) is 4.15. The molecule has 0 saturated heterocycles. The maximum Gasteiger partial charge on any atom is 0.416 e. The lowest BCUT2D eigenvalue weighted by atomic mass is 9.69. The van der Waals surface area contributed by atoms with Crippen LogP contribution >= 0.6 is 0 Å². The topological polar surface area (TPSA) is 38.8 Å². The first-order valence-corrected chi connectivity index (χ1v) is 11.1. The van der Waals surface area contributed by atoms with E-state index in [0.29, 0.717) is 36.4 Å². The van der Waals surface area contributed by atoms with E-state index in [1.165, 1.54) is 12.1 Å². The maximum absolute atomic E-state index is 13.1. The van der Waals surface area contributed by atoms with Crippen LogP contribution in [0.25, 0.3) is 0 Å². The minimum absolute atomic E-state index is 0.0259. The van der Waals surface area contributed by atoms with Gasteiger partial charge in [-0.25, -0.2) is 0 Å². The average molecular weight is 466 g/mol. The zero-order valence-electron chi connectivity index (χ0n) is 20.2. The van der Waals surface area contributed by atoms with Crippen LogP contribution in [0.5, 0.6) is 11.5 Å². The number of ether oxygens (including phenoxy) is 2. The average Bonchev–Trinajstić information content (AvgIpc) is 2.80. The van der Waals surface area contributed by atoms with Gasteiger partial charge in [-0.05, 0) is 74.7 Å². The largest absolute Gasteiger partial charge is 0.497 e. The van der Waals surface area contributed by atoms with Gasteiger partial charge in [-0.3, -0.25) is 4.90 Å². The van der Waals surface area contributed by atoms with Gasteiger partial charge in [0, 0.05) is 12.1 Å². The highest BCUT2D eigenvalue weighted by atomic mass is 19.4. The minimum Gasteiger partial charge on any atom is -0.497 e. The number of alkyl halides is 3. The molecule has 0 aliphatic rings. The molecule has 0 N–H and O–H groups in total. The third kappa shape index (κ3) is 6.28. The summed E-state index contributed by atoms with van der Waals surface area (Å²) < 4.78 is 50.0. The smallest absolute Gasteiger partial charge is 0.416 e. The molecule has 0 bridgehead atoms. The number of hydrogen-bond donors (Lipinski definition) is 0. The molecule has 33 heavy (non-hydrogen) atoms. The van der Waals surface area contributed by atoms with Crippen LogP contribution in [0, 0.1) is 5.92 Å². The van der Waals surface area contributed by atoms with Crippen molar-refractivity contribution in [2.45, 2.75) is 51.2 Å². The Morgan fingerprint density at radius 2 is 1.58 bits per heavy atom. The van der Waals surface area contributed by atoms with E-state index in [2.05, 4.69) is 0 Å². The Labute approximate surface area is 194 Å². The zero-order valence-corrected chi connectivity index (χ0v) is 20.2. The molecule has 0 aliphatic heterocycles. The number of methoxy groups -OCH3 is 2. The van der Waals surface area contributed by atoms with Crippen molar-refractivity contribution in [3.8, 4) is 11.5 Å². The van der Waals surface area contributed by atoms with Gasteiger partial charge in [0.15, 0.2) is 0 Å². The molecule has 0 radical (unpaired) electrons.